The molecule has 25 heavy (non-hydrogen) atoms. The number of carbonyl (C=O) groups is 2. The van der Waals surface area contributed by atoms with Gasteiger partial charge in [-0.3, -0.25) is 4.79 Å². The summed E-state index contributed by atoms with van der Waals surface area (Å²) in [4.78, 5) is 22.6. The van der Waals surface area contributed by atoms with Crippen molar-refractivity contribution in [2.45, 2.75) is 45.4 Å². The Kier molecular flexibility index (Phi) is 7.60. The van der Waals surface area contributed by atoms with Crippen LogP contribution in [0, 0.1) is 0 Å². The van der Waals surface area contributed by atoms with E-state index in [9.17, 15) is 19.8 Å². The Morgan fingerprint density at radius 3 is 2.32 bits per heavy atom. The minimum Gasteiger partial charge on any atom is -0.444 e. The van der Waals surface area contributed by atoms with Crippen LogP contribution < -0.4 is 10.1 Å². The van der Waals surface area contributed by atoms with E-state index < -0.39 is 36.4 Å². The normalized spacial score (nSPS) is 14.0. The first-order valence-corrected chi connectivity index (χ1v) is 7.86. The summed E-state index contributed by atoms with van der Waals surface area (Å²) in [5.41, 5.74) is 0.0816. The molecule has 3 N–H and O–H groups in total. The highest BCUT2D eigenvalue weighted by Gasteiger charge is 2.22. The summed E-state index contributed by atoms with van der Waals surface area (Å²) < 4.78 is 10.0. The zero-order valence-electron chi connectivity index (χ0n) is 14.9. The number of alkyl carbamates (subject to hydrolysis) is 1. The van der Waals surface area contributed by atoms with Crippen LogP contribution in [0.4, 0.5) is 4.79 Å². The average molecular weight is 351 g/mol. The van der Waals surface area contributed by atoms with Gasteiger partial charge in [0.05, 0.1) is 18.8 Å². The van der Waals surface area contributed by atoms with Crippen LogP contribution in [0.25, 0.3) is 6.08 Å². The molecule has 0 saturated heterocycles. The maximum atomic E-state index is 11.7. The monoisotopic (exact) mass is 351 g/mol. The Bertz CT molecular complexity index is 603. The Labute approximate surface area is 147 Å². The predicted octanol–water partition coefficient (Wildman–Crippen LogP) is 1.87. The van der Waals surface area contributed by atoms with Gasteiger partial charge in [-0.1, -0.05) is 24.3 Å². The number of hydrogen-bond donors (Lipinski definition) is 3. The average Bonchev–Trinajstić information content (AvgIpc) is 2.49. The Morgan fingerprint density at radius 2 is 1.84 bits per heavy atom. The van der Waals surface area contributed by atoms with Crippen molar-refractivity contribution in [2.75, 3.05) is 6.61 Å². The second-order valence-corrected chi connectivity index (χ2v) is 6.45. The van der Waals surface area contributed by atoms with Crippen LogP contribution in [-0.4, -0.2) is 46.6 Å². The molecule has 0 saturated carbocycles. The maximum absolute atomic E-state index is 11.7. The van der Waals surface area contributed by atoms with Crippen LogP contribution in [0.1, 0.15) is 33.3 Å². The van der Waals surface area contributed by atoms with E-state index in [0.717, 1.165) is 5.56 Å². The van der Waals surface area contributed by atoms with Crippen molar-refractivity contribution in [3.05, 3.63) is 35.9 Å². The van der Waals surface area contributed by atoms with E-state index in [-0.39, 0.29) is 0 Å². The molecule has 0 radical (unpaired) electrons. The fourth-order valence-corrected chi connectivity index (χ4v) is 1.85. The molecule has 0 aliphatic carbocycles. The van der Waals surface area contributed by atoms with E-state index >= 15 is 0 Å². The van der Waals surface area contributed by atoms with Crippen LogP contribution in [-0.2, 0) is 9.53 Å². The van der Waals surface area contributed by atoms with E-state index in [2.05, 4.69) is 5.32 Å². The molecule has 7 heteroatoms. The lowest BCUT2D eigenvalue weighted by Crippen LogP contribution is -2.46. The van der Waals surface area contributed by atoms with Crippen molar-refractivity contribution in [1.82, 2.24) is 5.32 Å². The smallest absolute Gasteiger partial charge is 0.408 e. The number of rotatable bonds is 6. The molecule has 1 amide bonds. The van der Waals surface area contributed by atoms with Gasteiger partial charge in [-0.2, -0.15) is 0 Å². The number of ether oxygens (including phenoxy) is 2. The number of nitrogens with one attached hydrogen (secondary N) is 1. The second kappa shape index (κ2) is 9.19. The van der Waals surface area contributed by atoms with E-state index in [1.807, 2.05) is 0 Å². The fraction of sp³-hybridized carbons (Fsp3) is 0.444. The number of hydrogen-bond acceptors (Lipinski definition) is 6. The highest BCUT2D eigenvalue weighted by Crippen LogP contribution is 2.14. The topological polar surface area (TPSA) is 105 Å². The lowest BCUT2D eigenvalue weighted by Gasteiger charge is -2.24. The number of aliphatic hydroxyl groups is 2. The van der Waals surface area contributed by atoms with Crippen molar-refractivity contribution in [1.29, 1.82) is 0 Å². The third-order valence-corrected chi connectivity index (χ3v) is 2.94. The summed E-state index contributed by atoms with van der Waals surface area (Å²) in [7, 11) is 0. The summed E-state index contributed by atoms with van der Waals surface area (Å²) >= 11 is 0. The van der Waals surface area contributed by atoms with E-state index in [1.54, 1.807) is 51.1 Å². The molecule has 0 fully saturated rings. The first-order chi connectivity index (χ1) is 11.6. The quantitative estimate of drug-likeness (QED) is 0.534. The van der Waals surface area contributed by atoms with E-state index in [1.165, 1.54) is 13.0 Å². The van der Waals surface area contributed by atoms with Crippen molar-refractivity contribution in [3.8, 4) is 5.75 Å². The molecule has 138 valence electrons. The molecule has 0 aromatic heterocycles. The first kappa shape index (κ1) is 20.7. The standard InChI is InChI=1S/C18H25NO6/c1-12(21)24-14-8-5-13(6-9-14)7-10-16(22)15(11-20)19-17(23)25-18(2,3)4/h5-10,15-16,20,22H,11H2,1-4H3,(H,19,23)/b10-7+/t15-,16+/m1/s1. The molecule has 1 aromatic rings. The minimum atomic E-state index is -1.11. The molecule has 1 rings (SSSR count). The first-order valence-electron chi connectivity index (χ1n) is 7.86. The van der Waals surface area contributed by atoms with Crippen molar-refractivity contribution in [2.24, 2.45) is 0 Å². The van der Waals surface area contributed by atoms with Gasteiger partial charge in [0.25, 0.3) is 0 Å². The zero-order valence-corrected chi connectivity index (χ0v) is 14.9. The second-order valence-electron chi connectivity index (χ2n) is 6.45. The highest BCUT2D eigenvalue weighted by molar-refractivity contribution is 5.69. The van der Waals surface area contributed by atoms with Gasteiger partial charge >= 0.3 is 12.1 Å². The summed E-state index contributed by atoms with van der Waals surface area (Å²) in [6.07, 6.45) is 1.25. The molecule has 0 heterocycles. The summed E-state index contributed by atoms with van der Waals surface area (Å²) in [6, 6.07) is 5.76. The van der Waals surface area contributed by atoms with Crippen LogP contribution in [0.2, 0.25) is 0 Å². The predicted molar refractivity (Wildman–Crippen MR) is 93.0 cm³/mol. The van der Waals surface area contributed by atoms with Crippen LogP contribution in [0.15, 0.2) is 30.3 Å². The van der Waals surface area contributed by atoms with Gasteiger partial charge < -0.3 is 25.0 Å². The highest BCUT2D eigenvalue weighted by atomic mass is 16.6. The zero-order chi connectivity index (χ0) is 19.0. The molecule has 0 unspecified atom stereocenters. The van der Waals surface area contributed by atoms with Crippen molar-refractivity contribution >= 4 is 18.1 Å². The van der Waals surface area contributed by atoms with Gasteiger partial charge in [-0.15, -0.1) is 0 Å². The van der Waals surface area contributed by atoms with Gasteiger partial charge in [-0.05, 0) is 38.5 Å². The third-order valence-electron chi connectivity index (χ3n) is 2.94. The Morgan fingerprint density at radius 1 is 1.24 bits per heavy atom. The van der Waals surface area contributed by atoms with Crippen LogP contribution >= 0.6 is 0 Å². The Balaban J connectivity index is 2.64. The van der Waals surface area contributed by atoms with E-state index in [0.29, 0.717) is 5.75 Å². The molecule has 0 aliphatic heterocycles. The van der Waals surface area contributed by atoms with Crippen LogP contribution in [0.3, 0.4) is 0 Å². The molecule has 2 atom stereocenters. The maximum Gasteiger partial charge on any atom is 0.408 e. The SMILES string of the molecule is CC(=O)Oc1ccc(/C=C/[C@H](O)[C@@H](CO)NC(=O)OC(C)(C)C)cc1. The summed E-state index contributed by atoms with van der Waals surface area (Å²) in [5, 5.41) is 21.9. The molecular formula is C18H25NO6. The van der Waals surface area contributed by atoms with Gasteiger partial charge in [0.2, 0.25) is 0 Å². The molecule has 1 aromatic carbocycles. The largest absolute Gasteiger partial charge is 0.444 e. The van der Waals surface area contributed by atoms with Gasteiger partial charge in [0.15, 0.2) is 0 Å². The van der Waals surface area contributed by atoms with Crippen LogP contribution in [0.5, 0.6) is 5.75 Å². The van der Waals surface area contributed by atoms with Gasteiger partial charge in [0.1, 0.15) is 11.4 Å². The molecule has 0 spiro atoms. The number of amides is 1. The fourth-order valence-electron chi connectivity index (χ4n) is 1.85. The number of aliphatic hydroxyl groups excluding tert-OH is 2. The van der Waals surface area contributed by atoms with Gasteiger partial charge in [-0.25, -0.2) is 4.79 Å². The molecule has 0 aliphatic rings. The lowest BCUT2D eigenvalue weighted by molar-refractivity contribution is -0.131. The Hall–Kier alpha value is -2.38. The van der Waals surface area contributed by atoms with Crippen molar-refractivity contribution in [3.63, 3.8) is 0 Å². The summed E-state index contributed by atoms with van der Waals surface area (Å²) in [5.74, 6) is 0.0164. The number of esters is 1. The number of carbonyl (C=O) groups excluding carboxylic acids is 2. The lowest BCUT2D eigenvalue weighted by atomic mass is 10.1. The molecular weight excluding hydrogens is 326 g/mol. The molecule has 0 bridgehead atoms. The minimum absolute atomic E-state index is 0.405. The van der Waals surface area contributed by atoms with Crippen molar-refractivity contribution < 1.29 is 29.3 Å². The van der Waals surface area contributed by atoms with E-state index in [4.69, 9.17) is 9.47 Å². The number of benzene rings is 1. The summed E-state index contributed by atoms with van der Waals surface area (Å²) in [6.45, 7) is 6.02. The third kappa shape index (κ3) is 8.32. The van der Waals surface area contributed by atoms with Gasteiger partial charge in [0, 0.05) is 6.92 Å². The molecule has 7 nitrogen and oxygen atoms in total.